The number of sulfone groups is 1. The van der Waals surface area contributed by atoms with Crippen molar-refractivity contribution < 1.29 is 28.2 Å². The van der Waals surface area contributed by atoms with E-state index in [1.54, 1.807) is 19.1 Å². The van der Waals surface area contributed by atoms with E-state index in [9.17, 15) is 28.2 Å². The Morgan fingerprint density at radius 3 is 2.46 bits per heavy atom. The number of aliphatic hydroxyl groups excluding tert-OH is 1. The lowest BCUT2D eigenvalue weighted by molar-refractivity contribution is -0.131. The number of rotatable bonds is 8. The lowest BCUT2D eigenvalue weighted by Crippen LogP contribution is -2.63. The number of piperidine rings is 1. The number of hydrogen-bond donors (Lipinski definition) is 4. The van der Waals surface area contributed by atoms with E-state index in [0.717, 1.165) is 5.56 Å². The molecule has 0 radical (unpaired) electrons. The van der Waals surface area contributed by atoms with Gasteiger partial charge < -0.3 is 20.8 Å². The number of carbonyl (C=O) groups is 2. The van der Waals surface area contributed by atoms with E-state index >= 15 is 0 Å². The Kier molecular flexibility index (Phi) is 8.87. The van der Waals surface area contributed by atoms with Gasteiger partial charge in [0.1, 0.15) is 5.75 Å². The Balaban J connectivity index is 1.62. The molecule has 2 fully saturated rings. The van der Waals surface area contributed by atoms with Gasteiger partial charge in [-0.3, -0.25) is 14.5 Å². The van der Waals surface area contributed by atoms with Gasteiger partial charge in [-0.2, -0.15) is 0 Å². The molecule has 10 heteroatoms. The van der Waals surface area contributed by atoms with Crippen molar-refractivity contribution in [2.75, 3.05) is 18.8 Å². The standard InChI is InChI=1S/C31H43N3O6S/c1-20-22(12-9-13-25(20)35)28(37)32-23(16-21-10-7-6-8-11-21)26(36)18-34-19-31(5)14-15-41(39,40)27(31)17-24(34)29(38)33-30(2,3)4/h6-13,23-24,26-27,35-36H,14-19H2,1-5H3,(H,32,37)(H,33,38)/t23?,24-,26?,27?,31?/m0/s1. The van der Waals surface area contributed by atoms with E-state index in [4.69, 9.17) is 0 Å². The normalized spacial score (nSPS) is 25.6. The topological polar surface area (TPSA) is 136 Å². The molecule has 0 aromatic heterocycles. The third-order valence-electron chi connectivity index (χ3n) is 8.46. The molecule has 9 nitrogen and oxygen atoms in total. The Bertz CT molecular complexity index is 1370. The Labute approximate surface area is 243 Å². The third-order valence-corrected chi connectivity index (χ3v) is 10.9. The van der Waals surface area contributed by atoms with E-state index < -0.39 is 50.1 Å². The number of hydrogen-bond acceptors (Lipinski definition) is 7. The summed E-state index contributed by atoms with van der Waals surface area (Å²) in [5, 5.41) is 27.1. The van der Waals surface area contributed by atoms with Crippen LogP contribution in [0.3, 0.4) is 0 Å². The summed E-state index contributed by atoms with van der Waals surface area (Å²) in [6.45, 7) is 9.64. The molecule has 0 bridgehead atoms. The van der Waals surface area contributed by atoms with Crippen molar-refractivity contribution in [3.05, 3.63) is 65.2 Å². The number of β-amino-alcohol motifs (C(OH)–C–C–N with tert-alkyl or cyclic N) is 1. The SMILES string of the molecule is Cc1c(O)cccc1C(=O)NC(Cc1ccccc1)C(O)CN1CC2(C)CCS(=O)(=O)C2C[C@H]1C(=O)NC(C)(C)C. The van der Waals surface area contributed by atoms with Gasteiger partial charge in [-0.05, 0) is 70.1 Å². The molecule has 2 aromatic rings. The molecule has 5 atom stereocenters. The molecule has 0 saturated carbocycles. The molecule has 41 heavy (non-hydrogen) atoms. The first-order valence-corrected chi connectivity index (χ1v) is 15.9. The molecule has 2 aromatic carbocycles. The highest BCUT2D eigenvalue weighted by Gasteiger charge is 2.55. The van der Waals surface area contributed by atoms with Crippen LogP contribution in [0.2, 0.25) is 0 Å². The number of fused-ring (bicyclic) bond motifs is 1. The molecular weight excluding hydrogens is 542 g/mol. The molecule has 2 heterocycles. The molecule has 2 saturated heterocycles. The zero-order valence-electron chi connectivity index (χ0n) is 24.6. The van der Waals surface area contributed by atoms with E-state index in [1.807, 2.05) is 62.9 Å². The maximum absolute atomic E-state index is 13.5. The Morgan fingerprint density at radius 1 is 1.12 bits per heavy atom. The van der Waals surface area contributed by atoms with Crippen LogP contribution in [-0.4, -0.2) is 83.2 Å². The van der Waals surface area contributed by atoms with Gasteiger partial charge in [0.15, 0.2) is 9.84 Å². The summed E-state index contributed by atoms with van der Waals surface area (Å²) in [7, 11) is -3.33. The number of nitrogens with zero attached hydrogens (tertiary/aromatic N) is 1. The lowest BCUT2D eigenvalue weighted by atomic mass is 9.76. The second-order valence-electron chi connectivity index (χ2n) is 13.0. The van der Waals surface area contributed by atoms with Crippen molar-refractivity contribution in [2.24, 2.45) is 5.41 Å². The molecule has 0 spiro atoms. The second kappa shape index (κ2) is 11.7. The highest BCUT2D eigenvalue weighted by molar-refractivity contribution is 7.92. The maximum Gasteiger partial charge on any atom is 0.252 e. The van der Waals surface area contributed by atoms with Crippen LogP contribution in [0.15, 0.2) is 48.5 Å². The maximum atomic E-state index is 13.5. The zero-order chi connectivity index (χ0) is 30.2. The molecule has 0 aliphatic carbocycles. The van der Waals surface area contributed by atoms with Crippen LogP contribution < -0.4 is 10.6 Å². The smallest absolute Gasteiger partial charge is 0.252 e. The average Bonchev–Trinajstić information content (AvgIpc) is 3.12. The number of aliphatic hydroxyl groups is 1. The third kappa shape index (κ3) is 7.10. The van der Waals surface area contributed by atoms with Crippen molar-refractivity contribution in [1.82, 2.24) is 15.5 Å². The van der Waals surface area contributed by atoms with Gasteiger partial charge in [-0.15, -0.1) is 0 Å². The second-order valence-corrected chi connectivity index (χ2v) is 15.3. The zero-order valence-corrected chi connectivity index (χ0v) is 25.4. The van der Waals surface area contributed by atoms with Gasteiger partial charge in [0.2, 0.25) is 5.91 Å². The van der Waals surface area contributed by atoms with Crippen LogP contribution in [0, 0.1) is 12.3 Å². The number of carbonyl (C=O) groups excluding carboxylic acids is 2. The first-order valence-electron chi connectivity index (χ1n) is 14.2. The predicted molar refractivity (Wildman–Crippen MR) is 158 cm³/mol. The van der Waals surface area contributed by atoms with Gasteiger partial charge in [0.05, 0.1) is 29.2 Å². The van der Waals surface area contributed by atoms with Crippen molar-refractivity contribution in [1.29, 1.82) is 0 Å². The summed E-state index contributed by atoms with van der Waals surface area (Å²) in [5.74, 6) is -0.595. The van der Waals surface area contributed by atoms with Crippen LogP contribution in [0.5, 0.6) is 5.75 Å². The van der Waals surface area contributed by atoms with Crippen molar-refractivity contribution in [3.63, 3.8) is 0 Å². The largest absolute Gasteiger partial charge is 0.508 e. The van der Waals surface area contributed by atoms with Crippen LogP contribution >= 0.6 is 0 Å². The first kappa shape index (κ1) is 31.0. The molecule has 4 N–H and O–H groups in total. The number of benzene rings is 2. The molecule has 2 aliphatic rings. The van der Waals surface area contributed by atoms with Crippen LogP contribution in [0.25, 0.3) is 0 Å². The van der Waals surface area contributed by atoms with Gasteiger partial charge in [0.25, 0.3) is 5.91 Å². The molecule has 4 unspecified atom stereocenters. The number of amides is 2. The minimum Gasteiger partial charge on any atom is -0.508 e. The molecular formula is C31H43N3O6S. The monoisotopic (exact) mass is 585 g/mol. The van der Waals surface area contributed by atoms with Gasteiger partial charge in [-0.25, -0.2) is 8.42 Å². The van der Waals surface area contributed by atoms with Crippen molar-refractivity contribution in [2.45, 2.75) is 82.9 Å². The van der Waals surface area contributed by atoms with E-state index in [-0.39, 0.29) is 30.4 Å². The fourth-order valence-electron chi connectivity index (χ4n) is 6.20. The minimum absolute atomic E-state index is 0.00754. The van der Waals surface area contributed by atoms with Crippen molar-refractivity contribution in [3.8, 4) is 5.75 Å². The highest BCUT2D eigenvalue weighted by atomic mass is 32.2. The summed E-state index contributed by atoms with van der Waals surface area (Å²) < 4.78 is 25.9. The lowest BCUT2D eigenvalue weighted by Gasteiger charge is -2.47. The summed E-state index contributed by atoms with van der Waals surface area (Å²) >= 11 is 0. The first-order chi connectivity index (χ1) is 19.1. The fourth-order valence-corrected chi connectivity index (χ4v) is 8.77. The predicted octanol–water partition coefficient (Wildman–Crippen LogP) is 2.59. The van der Waals surface area contributed by atoms with E-state index in [0.29, 0.717) is 30.5 Å². The summed E-state index contributed by atoms with van der Waals surface area (Å²) in [4.78, 5) is 28.7. The number of nitrogens with one attached hydrogen (secondary N) is 2. The van der Waals surface area contributed by atoms with Crippen LogP contribution in [0.1, 0.15) is 62.0 Å². The number of aromatic hydroxyl groups is 1. The summed E-state index contributed by atoms with van der Waals surface area (Å²) in [5.41, 5.74) is 0.614. The number of phenolic OH excluding ortho intramolecular Hbond substituents is 1. The molecule has 4 rings (SSSR count). The Morgan fingerprint density at radius 2 is 1.80 bits per heavy atom. The summed E-state index contributed by atoms with van der Waals surface area (Å²) in [6, 6.07) is 12.8. The summed E-state index contributed by atoms with van der Waals surface area (Å²) in [6.07, 6.45) is -0.0702. The van der Waals surface area contributed by atoms with Gasteiger partial charge in [0, 0.05) is 29.8 Å². The number of likely N-dealkylation sites (tertiary alicyclic amines) is 1. The average molecular weight is 586 g/mol. The molecule has 2 aliphatic heterocycles. The van der Waals surface area contributed by atoms with E-state index in [2.05, 4.69) is 10.6 Å². The van der Waals surface area contributed by atoms with E-state index in [1.165, 1.54) is 6.07 Å². The Hall–Kier alpha value is -2.95. The highest BCUT2D eigenvalue weighted by Crippen LogP contribution is 2.46. The van der Waals surface area contributed by atoms with Gasteiger partial charge >= 0.3 is 0 Å². The quantitative estimate of drug-likeness (QED) is 0.374. The van der Waals surface area contributed by atoms with Crippen LogP contribution in [-0.2, 0) is 21.1 Å². The minimum atomic E-state index is -3.33. The fraction of sp³-hybridized carbons (Fsp3) is 0.548. The number of phenols is 1. The van der Waals surface area contributed by atoms with Crippen molar-refractivity contribution >= 4 is 21.7 Å². The molecule has 224 valence electrons. The van der Waals surface area contributed by atoms with Gasteiger partial charge in [-0.1, -0.05) is 43.3 Å². The van der Waals surface area contributed by atoms with Crippen LogP contribution in [0.4, 0.5) is 0 Å². The molecule has 2 amide bonds.